The fourth-order valence-electron chi connectivity index (χ4n) is 2.90. The molecule has 3 amide bonds. The first-order valence-electron chi connectivity index (χ1n) is 7.55. The van der Waals surface area contributed by atoms with Crippen molar-refractivity contribution in [2.45, 2.75) is 6.04 Å². The predicted molar refractivity (Wildman–Crippen MR) is 87.6 cm³/mol. The van der Waals surface area contributed by atoms with Crippen molar-refractivity contribution in [1.82, 2.24) is 9.80 Å². The third-order valence-electron chi connectivity index (χ3n) is 4.24. The molecule has 0 aliphatic carbocycles. The van der Waals surface area contributed by atoms with E-state index in [4.69, 9.17) is 4.74 Å². The third-order valence-corrected chi connectivity index (χ3v) is 5.16. The molecule has 1 aromatic heterocycles. The van der Waals surface area contributed by atoms with E-state index in [9.17, 15) is 14.4 Å². The summed E-state index contributed by atoms with van der Waals surface area (Å²) in [6.07, 6.45) is -0.614. The van der Waals surface area contributed by atoms with Gasteiger partial charge in [-0.1, -0.05) is 18.2 Å². The van der Waals surface area contributed by atoms with Crippen molar-refractivity contribution in [3.05, 3.63) is 47.3 Å². The molecule has 7 heteroatoms. The molecule has 2 saturated heterocycles. The molecule has 2 aliphatic heterocycles. The molecule has 1 aromatic carbocycles. The molecule has 3 heterocycles. The van der Waals surface area contributed by atoms with Crippen LogP contribution >= 0.6 is 11.3 Å². The Kier molecular flexibility index (Phi) is 3.57. The Morgan fingerprint density at radius 2 is 1.88 bits per heavy atom. The average Bonchev–Trinajstić information content (AvgIpc) is 3.19. The lowest BCUT2D eigenvalue weighted by Crippen LogP contribution is -2.62. The molecule has 2 fully saturated rings. The number of cyclic esters (lactones) is 1. The van der Waals surface area contributed by atoms with Gasteiger partial charge in [-0.15, -0.1) is 11.3 Å². The van der Waals surface area contributed by atoms with E-state index in [1.165, 1.54) is 0 Å². The summed E-state index contributed by atoms with van der Waals surface area (Å²) in [4.78, 5) is 39.4. The molecule has 2 aromatic rings. The van der Waals surface area contributed by atoms with Crippen LogP contribution in [-0.2, 0) is 9.53 Å². The number of hydrogen-bond acceptors (Lipinski definition) is 5. The summed E-state index contributed by atoms with van der Waals surface area (Å²) in [5, 5.41) is 2.01. The van der Waals surface area contributed by atoms with Crippen LogP contribution in [0.3, 0.4) is 0 Å². The Bertz CT molecular complexity index is 779. The molecule has 122 valence electrons. The van der Waals surface area contributed by atoms with Gasteiger partial charge >= 0.3 is 6.09 Å². The van der Waals surface area contributed by atoms with E-state index in [0.29, 0.717) is 18.7 Å². The Balaban J connectivity index is 1.41. The van der Waals surface area contributed by atoms with Gasteiger partial charge in [0.15, 0.2) is 6.61 Å². The summed E-state index contributed by atoms with van der Waals surface area (Å²) in [6.45, 7) is 0.506. The molecule has 0 unspecified atom stereocenters. The van der Waals surface area contributed by atoms with Gasteiger partial charge in [-0.05, 0) is 29.1 Å². The van der Waals surface area contributed by atoms with E-state index in [1.54, 1.807) is 28.4 Å². The summed E-state index contributed by atoms with van der Waals surface area (Å²) in [6, 6.07) is 11.2. The smallest absolute Gasteiger partial charge is 0.417 e. The second kappa shape index (κ2) is 5.76. The van der Waals surface area contributed by atoms with E-state index >= 15 is 0 Å². The number of rotatable bonds is 3. The van der Waals surface area contributed by atoms with Gasteiger partial charge in [0, 0.05) is 23.5 Å². The van der Waals surface area contributed by atoms with Gasteiger partial charge in [-0.25, -0.2) is 9.69 Å². The monoisotopic (exact) mass is 342 g/mol. The summed E-state index contributed by atoms with van der Waals surface area (Å²) in [7, 11) is 0. The van der Waals surface area contributed by atoms with Crippen molar-refractivity contribution in [2.75, 3.05) is 19.7 Å². The average molecular weight is 342 g/mol. The van der Waals surface area contributed by atoms with Crippen molar-refractivity contribution in [1.29, 1.82) is 0 Å². The fraction of sp³-hybridized carbons (Fsp3) is 0.235. The van der Waals surface area contributed by atoms with Crippen molar-refractivity contribution >= 4 is 29.2 Å². The van der Waals surface area contributed by atoms with Crippen molar-refractivity contribution in [2.24, 2.45) is 0 Å². The second-order valence-corrected chi connectivity index (χ2v) is 6.68. The van der Waals surface area contributed by atoms with Crippen LogP contribution < -0.4 is 0 Å². The first-order chi connectivity index (χ1) is 11.6. The molecule has 4 rings (SSSR count). The first kappa shape index (κ1) is 14.9. The number of amides is 3. The number of thiophene rings is 1. The Hall–Kier alpha value is -2.67. The molecule has 6 nitrogen and oxygen atoms in total. The first-order valence-corrected chi connectivity index (χ1v) is 8.43. The van der Waals surface area contributed by atoms with Gasteiger partial charge in [0.25, 0.3) is 11.8 Å². The quantitative estimate of drug-likeness (QED) is 0.858. The predicted octanol–water partition coefficient (Wildman–Crippen LogP) is 2.22. The largest absolute Gasteiger partial charge is 0.439 e. The lowest BCUT2D eigenvalue weighted by Gasteiger charge is -2.41. The van der Waals surface area contributed by atoms with E-state index in [-0.39, 0.29) is 24.5 Å². The number of ether oxygens (including phenoxy) is 1. The fourth-order valence-corrected chi connectivity index (χ4v) is 3.64. The highest BCUT2D eigenvalue weighted by Crippen LogP contribution is 2.26. The van der Waals surface area contributed by atoms with Crippen LogP contribution in [0.5, 0.6) is 0 Å². The maximum Gasteiger partial charge on any atom is 0.417 e. The molecule has 0 spiro atoms. The van der Waals surface area contributed by atoms with E-state index < -0.39 is 6.09 Å². The van der Waals surface area contributed by atoms with Crippen LogP contribution in [0.25, 0.3) is 10.4 Å². The van der Waals surface area contributed by atoms with E-state index in [0.717, 1.165) is 15.3 Å². The zero-order valence-corrected chi connectivity index (χ0v) is 13.5. The highest BCUT2D eigenvalue weighted by atomic mass is 32.1. The Morgan fingerprint density at radius 3 is 2.46 bits per heavy atom. The SMILES string of the molecule is O=C(c1ccc(-c2cccs2)cc1)N1CC(N2C(=O)COC2=O)C1. The van der Waals surface area contributed by atoms with E-state index in [1.807, 2.05) is 29.6 Å². The van der Waals surface area contributed by atoms with Gasteiger partial charge in [-0.3, -0.25) is 9.59 Å². The summed E-state index contributed by atoms with van der Waals surface area (Å²) < 4.78 is 4.70. The standard InChI is InChI=1S/C17H14N2O4S/c20-15-10-23-17(22)19(15)13-8-18(9-13)16(21)12-5-3-11(4-6-12)14-2-1-7-24-14/h1-7,13H,8-10H2. The molecule has 0 bridgehead atoms. The van der Waals surface area contributed by atoms with Crippen LogP contribution in [0.15, 0.2) is 41.8 Å². The van der Waals surface area contributed by atoms with Crippen LogP contribution in [0, 0.1) is 0 Å². The molecular weight excluding hydrogens is 328 g/mol. The molecule has 0 saturated carbocycles. The van der Waals surface area contributed by atoms with Crippen molar-refractivity contribution in [3.8, 4) is 10.4 Å². The summed E-state index contributed by atoms with van der Waals surface area (Å²) in [5.41, 5.74) is 1.68. The number of nitrogens with zero attached hydrogens (tertiary/aromatic N) is 2. The van der Waals surface area contributed by atoms with Crippen LogP contribution in [0.4, 0.5) is 4.79 Å². The van der Waals surface area contributed by atoms with Crippen LogP contribution in [0.1, 0.15) is 10.4 Å². The number of imide groups is 1. The molecule has 2 aliphatic rings. The lowest BCUT2D eigenvalue weighted by molar-refractivity contribution is -0.129. The maximum atomic E-state index is 12.5. The lowest BCUT2D eigenvalue weighted by atomic mass is 10.0. The van der Waals surface area contributed by atoms with E-state index in [2.05, 4.69) is 0 Å². The highest BCUT2D eigenvalue weighted by Gasteiger charge is 2.44. The number of carbonyl (C=O) groups excluding carboxylic acids is 3. The third kappa shape index (κ3) is 2.46. The molecular formula is C17H14N2O4S. The number of likely N-dealkylation sites (tertiary alicyclic amines) is 1. The van der Waals surface area contributed by atoms with Gasteiger partial charge < -0.3 is 9.64 Å². The second-order valence-electron chi connectivity index (χ2n) is 5.74. The minimum absolute atomic E-state index is 0.0935. The summed E-state index contributed by atoms with van der Waals surface area (Å²) >= 11 is 1.65. The molecule has 0 N–H and O–H groups in total. The van der Waals surface area contributed by atoms with Crippen molar-refractivity contribution in [3.63, 3.8) is 0 Å². The normalized spacial score (nSPS) is 17.8. The minimum Gasteiger partial charge on any atom is -0.439 e. The summed E-state index contributed by atoms with van der Waals surface area (Å²) in [5.74, 6) is -0.429. The van der Waals surface area contributed by atoms with Gasteiger partial charge in [0.1, 0.15) is 0 Å². The molecule has 0 radical (unpaired) electrons. The van der Waals surface area contributed by atoms with Gasteiger partial charge in [-0.2, -0.15) is 0 Å². The maximum absolute atomic E-state index is 12.5. The van der Waals surface area contributed by atoms with Crippen LogP contribution in [-0.4, -0.2) is 53.4 Å². The topological polar surface area (TPSA) is 66.9 Å². The van der Waals surface area contributed by atoms with Crippen LogP contribution in [0.2, 0.25) is 0 Å². The van der Waals surface area contributed by atoms with Gasteiger partial charge in [0.2, 0.25) is 0 Å². The highest BCUT2D eigenvalue weighted by molar-refractivity contribution is 7.13. The number of hydrogen-bond donors (Lipinski definition) is 0. The van der Waals surface area contributed by atoms with Gasteiger partial charge in [0.05, 0.1) is 6.04 Å². The van der Waals surface area contributed by atoms with Crippen molar-refractivity contribution < 1.29 is 19.1 Å². The molecule has 0 atom stereocenters. The Morgan fingerprint density at radius 1 is 1.12 bits per heavy atom. The Labute approximate surface area is 142 Å². The zero-order chi connectivity index (χ0) is 16.7. The number of benzene rings is 1. The molecule has 24 heavy (non-hydrogen) atoms. The minimum atomic E-state index is -0.614. The number of carbonyl (C=O) groups is 3. The zero-order valence-electron chi connectivity index (χ0n) is 12.7.